The van der Waals surface area contributed by atoms with Crippen molar-refractivity contribution in [2.45, 2.75) is 26.4 Å². The average molecular weight is 415 g/mol. The Morgan fingerprint density at radius 2 is 2.12 bits per heavy atom. The maximum atomic E-state index is 12.5. The summed E-state index contributed by atoms with van der Waals surface area (Å²) in [7, 11) is 1.79. The number of hydrogen-bond acceptors (Lipinski definition) is 6. The first-order chi connectivity index (χ1) is 11.3. The molecule has 0 aliphatic heterocycles. The summed E-state index contributed by atoms with van der Waals surface area (Å²) in [4.78, 5) is 41.4. The van der Waals surface area contributed by atoms with E-state index in [1.807, 2.05) is 19.1 Å². The number of carbonyl (C=O) groups excluding carboxylic acids is 1. The number of nitrogens with two attached hydrogens (primary N) is 1. The van der Waals surface area contributed by atoms with Gasteiger partial charge < -0.3 is 5.73 Å². The molecule has 2 aromatic rings. The number of rotatable bonds is 7. The predicted octanol–water partition coefficient (Wildman–Crippen LogP) is 1.67. The molecular formula is C15H19BrN4O3S. The van der Waals surface area contributed by atoms with E-state index in [4.69, 9.17) is 5.73 Å². The fraction of sp³-hybridized carbons (Fsp3) is 0.400. The van der Waals surface area contributed by atoms with Crippen molar-refractivity contribution in [3.63, 3.8) is 0 Å². The molecule has 0 unspecified atom stereocenters. The molecule has 0 fully saturated rings. The molecule has 7 nitrogen and oxygen atoms in total. The standard InChI is InChI=1S/C15H19BrN4O3S/c1-3-6-20-13(17)12(14(22)18-15(20)23)10(21)8-19(2)7-9-4-5-11(16)24-9/h4-5H,3,6-8,17H2,1-2H3,(H,18,22,23). The SMILES string of the molecule is CCCn1c(N)c(C(=O)CN(C)Cc2ccc(Br)s2)c(=O)[nH]c1=O. The number of ketones is 1. The van der Waals surface area contributed by atoms with Gasteiger partial charge >= 0.3 is 5.69 Å². The molecule has 0 aliphatic rings. The first kappa shape index (κ1) is 18.6. The Kier molecular flexibility index (Phi) is 6.14. The Morgan fingerprint density at radius 3 is 2.71 bits per heavy atom. The maximum absolute atomic E-state index is 12.5. The third-order valence-corrected chi connectivity index (χ3v) is 5.04. The lowest BCUT2D eigenvalue weighted by Crippen LogP contribution is -2.38. The fourth-order valence-corrected chi connectivity index (χ4v) is 3.95. The van der Waals surface area contributed by atoms with Gasteiger partial charge in [0.05, 0.1) is 10.3 Å². The molecule has 0 saturated heterocycles. The third kappa shape index (κ3) is 4.22. The molecule has 0 spiro atoms. The first-order valence-corrected chi connectivity index (χ1v) is 9.03. The molecule has 130 valence electrons. The lowest BCUT2D eigenvalue weighted by Gasteiger charge is -2.16. The minimum absolute atomic E-state index is 0.0348. The largest absolute Gasteiger partial charge is 0.384 e. The molecule has 0 bridgehead atoms. The molecule has 3 N–H and O–H groups in total. The van der Waals surface area contributed by atoms with Crippen LogP contribution in [0.25, 0.3) is 0 Å². The molecule has 0 aromatic carbocycles. The van der Waals surface area contributed by atoms with E-state index in [2.05, 4.69) is 20.9 Å². The van der Waals surface area contributed by atoms with Crippen molar-refractivity contribution < 1.29 is 4.79 Å². The molecule has 2 heterocycles. The van der Waals surface area contributed by atoms with Gasteiger partial charge in [-0.2, -0.15) is 0 Å². The van der Waals surface area contributed by atoms with E-state index in [9.17, 15) is 14.4 Å². The Labute approximate surface area is 151 Å². The number of nitrogens with one attached hydrogen (secondary N) is 1. The van der Waals surface area contributed by atoms with Gasteiger partial charge in [0.15, 0.2) is 5.78 Å². The van der Waals surface area contributed by atoms with Crippen LogP contribution in [-0.4, -0.2) is 33.8 Å². The van der Waals surface area contributed by atoms with Crippen LogP contribution in [0, 0.1) is 0 Å². The number of hydrogen-bond donors (Lipinski definition) is 2. The van der Waals surface area contributed by atoms with Crippen LogP contribution in [0.15, 0.2) is 25.5 Å². The summed E-state index contributed by atoms with van der Waals surface area (Å²) in [6.45, 7) is 2.84. The van der Waals surface area contributed by atoms with E-state index in [0.29, 0.717) is 19.5 Å². The van der Waals surface area contributed by atoms with Crippen molar-refractivity contribution >= 4 is 38.9 Å². The number of aromatic nitrogens is 2. The van der Waals surface area contributed by atoms with Crippen LogP contribution >= 0.6 is 27.3 Å². The monoisotopic (exact) mass is 414 g/mol. The number of likely N-dealkylation sites (N-methyl/N-ethyl adjacent to an activating group) is 1. The Bertz CT molecular complexity index is 855. The number of Topliss-reactive ketones (excluding diaryl/α,β-unsaturated/α-hetero) is 1. The van der Waals surface area contributed by atoms with E-state index in [1.54, 1.807) is 23.3 Å². The number of thiophene rings is 1. The van der Waals surface area contributed by atoms with Gasteiger partial charge in [0.1, 0.15) is 11.4 Å². The van der Waals surface area contributed by atoms with Crippen molar-refractivity contribution in [1.29, 1.82) is 0 Å². The van der Waals surface area contributed by atoms with Gasteiger partial charge in [-0.05, 0) is 41.5 Å². The third-order valence-electron chi connectivity index (χ3n) is 3.43. The molecule has 9 heteroatoms. The normalized spacial score (nSPS) is 11.2. The van der Waals surface area contributed by atoms with Gasteiger partial charge in [-0.15, -0.1) is 11.3 Å². The number of nitrogens with zero attached hydrogens (tertiary/aromatic N) is 2. The van der Waals surface area contributed by atoms with Crippen molar-refractivity contribution in [2.24, 2.45) is 0 Å². The lowest BCUT2D eigenvalue weighted by molar-refractivity contribution is 0.0942. The van der Waals surface area contributed by atoms with E-state index < -0.39 is 17.0 Å². The zero-order chi connectivity index (χ0) is 17.9. The molecule has 0 atom stereocenters. The van der Waals surface area contributed by atoms with E-state index in [-0.39, 0.29) is 17.9 Å². The number of carbonyl (C=O) groups is 1. The number of H-pyrrole nitrogens is 1. The Balaban J connectivity index is 2.21. The molecule has 2 aromatic heterocycles. The zero-order valence-electron chi connectivity index (χ0n) is 13.5. The molecule has 0 radical (unpaired) electrons. The average Bonchev–Trinajstić information content (AvgIpc) is 2.88. The Morgan fingerprint density at radius 1 is 1.42 bits per heavy atom. The number of nitrogen functional groups attached to an aromatic ring is 1. The summed E-state index contributed by atoms with van der Waals surface area (Å²) < 4.78 is 2.25. The highest BCUT2D eigenvalue weighted by atomic mass is 79.9. The van der Waals surface area contributed by atoms with E-state index in [0.717, 1.165) is 8.66 Å². The molecule has 0 aliphatic carbocycles. The van der Waals surface area contributed by atoms with Crippen molar-refractivity contribution in [2.75, 3.05) is 19.3 Å². The smallest absolute Gasteiger partial charge is 0.329 e. The second-order valence-corrected chi connectivity index (χ2v) is 8.02. The minimum Gasteiger partial charge on any atom is -0.384 e. The van der Waals surface area contributed by atoms with Crippen LogP contribution in [0.3, 0.4) is 0 Å². The van der Waals surface area contributed by atoms with E-state index in [1.165, 1.54) is 4.57 Å². The van der Waals surface area contributed by atoms with Gasteiger partial charge in [-0.3, -0.25) is 24.0 Å². The number of halogens is 1. The molecule has 0 saturated carbocycles. The quantitative estimate of drug-likeness (QED) is 0.670. The minimum atomic E-state index is -0.734. The fourth-order valence-electron chi connectivity index (χ4n) is 2.39. The summed E-state index contributed by atoms with van der Waals surface area (Å²) in [5, 5.41) is 0. The summed E-state index contributed by atoms with van der Waals surface area (Å²) in [5.74, 6) is -0.473. The maximum Gasteiger partial charge on any atom is 0.329 e. The molecule has 24 heavy (non-hydrogen) atoms. The molecule has 0 amide bonds. The van der Waals surface area contributed by atoms with Crippen LogP contribution in [0.5, 0.6) is 0 Å². The van der Waals surface area contributed by atoms with Crippen LogP contribution in [0.2, 0.25) is 0 Å². The summed E-state index contributed by atoms with van der Waals surface area (Å²) >= 11 is 4.98. The van der Waals surface area contributed by atoms with Crippen LogP contribution in [-0.2, 0) is 13.1 Å². The summed E-state index contributed by atoms with van der Waals surface area (Å²) in [6, 6.07) is 3.91. The van der Waals surface area contributed by atoms with Gasteiger partial charge in [0.2, 0.25) is 0 Å². The van der Waals surface area contributed by atoms with Crippen LogP contribution in [0.4, 0.5) is 5.82 Å². The summed E-state index contributed by atoms with van der Waals surface area (Å²) in [5.41, 5.74) is 4.43. The van der Waals surface area contributed by atoms with Gasteiger partial charge in [-0.1, -0.05) is 6.92 Å². The van der Waals surface area contributed by atoms with Gasteiger partial charge in [-0.25, -0.2) is 4.79 Å². The van der Waals surface area contributed by atoms with Crippen molar-refractivity contribution in [3.05, 3.63) is 47.2 Å². The molecular weight excluding hydrogens is 396 g/mol. The first-order valence-electron chi connectivity index (χ1n) is 7.42. The van der Waals surface area contributed by atoms with E-state index >= 15 is 0 Å². The number of anilines is 1. The highest BCUT2D eigenvalue weighted by Gasteiger charge is 2.20. The van der Waals surface area contributed by atoms with Crippen molar-refractivity contribution in [1.82, 2.24) is 14.5 Å². The molecule has 2 rings (SSSR count). The topological polar surface area (TPSA) is 101 Å². The van der Waals surface area contributed by atoms with Crippen LogP contribution in [0.1, 0.15) is 28.6 Å². The van der Waals surface area contributed by atoms with Gasteiger partial charge in [0, 0.05) is 18.0 Å². The second kappa shape index (κ2) is 7.91. The predicted molar refractivity (Wildman–Crippen MR) is 98.7 cm³/mol. The summed E-state index contributed by atoms with van der Waals surface area (Å²) in [6.07, 6.45) is 0.664. The number of aromatic amines is 1. The lowest BCUT2D eigenvalue weighted by atomic mass is 10.2. The highest BCUT2D eigenvalue weighted by molar-refractivity contribution is 9.11. The van der Waals surface area contributed by atoms with Crippen molar-refractivity contribution in [3.8, 4) is 0 Å². The van der Waals surface area contributed by atoms with Gasteiger partial charge in [0.25, 0.3) is 5.56 Å². The van der Waals surface area contributed by atoms with Crippen LogP contribution < -0.4 is 17.0 Å². The Hall–Kier alpha value is -1.71. The zero-order valence-corrected chi connectivity index (χ0v) is 15.9. The highest BCUT2D eigenvalue weighted by Crippen LogP contribution is 2.23. The second-order valence-electron chi connectivity index (χ2n) is 5.47.